The Morgan fingerprint density at radius 1 is 1.02 bits per heavy atom. The number of alkyl halides is 2. The molecular weight excluding hydrogens is 613 g/mol. The minimum atomic E-state index is -2.85. The van der Waals surface area contributed by atoms with Crippen LogP contribution in [-0.4, -0.2) is 69.4 Å². The van der Waals surface area contributed by atoms with Gasteiger partial charge in [0.25, 0.3) is 11.8 Å². The molecule has 2 aliphatic rings. The van der Waals surface area contributed by atoms with Gasteiger partial charge in [0.2, 0.25) is 17.7 Å². The maximum absolute atomic E-state index is 15.7. The van der Waals surface area contributed by atoms with Crippen molar-refractivity contribution in [2.24, 2.45) is 11.8 Å². The summed E-state index contributed by atoms with van der Waals surface area (Å²) < 4.78 is 44.9. The van der Waals surface area contributed by atoms with Crippen LogP contribution in [0.25, 0.3) is 0 Å². The predicted octanol–water partition coefficient (Wildman–Crippen LogP) is 5.04. The molecule has 2 fully saturated rings. The summed E-state index contributed by atoms with van der Waals surface area (Å²) in [5.41, 5.74) is -0.563. The largest absolute Gasteiger partial charge is 0.343 e. The molecule has 1 aliphatic heterocycles. The van der Waals surface area contributed by atoms with Gasteiger partial charge in [-0.1, -0.05) is 46.6 Å². The van der Waals surface area contributed by atoms with E-state index in [9.17, 15) is 28.0 Å². The van der Waals surface area contributed by atoms with E-state index in [0.717, 1.165) is 25.7 Å². The van der Waals surface area contributed by atoms with E-state index in [1.807, 2.05) is 6.92 Å². The second-order valence-electron chi connectivity index (χ2n) is 13.4. The highest BCUT2D eigenvalue weighted by Crippen LogP contribution is 2.34. The smallest absolute Gasteiger partial charge is 0.270 e. The maximum atomic E-state index is 15.7. The Balaban J connectivity index is 1.55. The summed E-state index contributed by atoms with van der Waals surface area (Å²) >= 11 is 0. The third-order valence-corrected chi connectivity index (χ3v) is 9.72. The average Bonchev–Trinajstić information content (AvgIpc) is 3.52. The first-order valence-electron chi connectivity index (χ1n) is 16.6. The van der Waals surface area contributed by atoms with E-state index >= 15 is 4.39 Å². The Kier molecular flexibility index (Phi) is 11.4. The lowest BCUT2D eigenvalue weighted by Crippen LogP contribution is -2.58. The van der Waals surface area contributed by atoms with Crippen molar-refractivity contribution in [1.82, 2.24) is 25.3 Å². The molecule has 0 unspecified atom stereocenters. The topological polar surface area (TPSA) is 125 Å². The van der Waals surface area contributed by atoms with Crippen molar-refractivity contribution in [2.45, 2.75) is 110 Å². The molecule has 1 saturated heterocycles. The average molecular weight is 661 g/mol. The molecule has 0 spiro atoms. The van der Waals surface area contributed by atoms with Gasteiger partial charge < -0.3 is 20.9 Å². The molecule has 1 aliphatic carbocycles. The molecular formula is C34H47F3N6O4. The van der Waals surface area contributed by atoms with Crippen LogP contribution in [0, 0.1) is 17.7 Å². The van der Waals surface area contributed by atoms with E-state index in [1.165, 1.54) is 27.9 Å². The summed E-state index contributed by atoms with van der Waals surface area (Å²) in [6.45, 7) is 9.15. The van der Waals surface area contributed by atoms with Gasteiger partial charge >= 0.3 is 0 Å². The van der Waals surface area contributed by atoms with Gasteiger partial charge in [0.05, 0.1) is 5.69 Å². The van der Waals surface area contributed by atoms with Crippen LogP contribution in [0.1, 0.15) is 95.6 Å². The van der Waals surface area contributed by atoms with Crippen molar-refractivity contribution in [3.8, 4) is 0 Å². The SMILES string of the molecule is CCC(=O)N[C@@H](C(=O)N1CCC(F)(F)CC1)C(C)(C)c1ccc(NC(=O)[C@@H](NC(=O)c2ccnn2CC)[C@H]2CC[C@H](C)CC2)c(F)c1. The first kappa shape index (κ1) is 35.9. The molecule has 4 rings (SSSR count). The summed E-state index contributed by atoms with van der Waals surface area (Å²) in [5, 5.41) is 12.4. The zero-order chi connectivity index (χ0) is 34.5. The van der Waals surface area contributed by atoms with E-state index in [2.05, 4.69) is 28.0 Å². The normalized spacial score (nSPS) is 21.0. The van der Waals surface area contributed by atoms with Crippen LogP contribution in [0.15, 0.2) is 30.5 Å². The molecule has 4 amide bonds. The van der Waals surface area contributed by atoms with Crippen molar-refractivity contribution in [2.75, 3.05) is 18.4 Å². The highest BCUT2D eigenvalue weighted by atomic mass is 19.3. The lowest BCUT2D eigenvalue weighted by Gasteiger charge is -2.40. The van der Waals surface area contributed by atoms with Gasteiger partial charge in [-0.25, -0.2) is 13.2 Å². The lowest BCUT2D eigenvalue weighted by molar-refractivity contribution is -0.143. The lowest BCUT2D eigenvalue weighted by atomic mass is 9.76. The zero-order valence-electron chi connectivity index (χ0n) is 27.9. The number of anilines is 1. The third-order valence-electron chi connectivity index (χ3n) is 9.72. The Hall–Kier alpha value is -3.90. The number of benzene rings is 1. The quantitative estimate of drug-likeness (QED) is 0.312. The van der Waals surface area contributed by atoms with Gasteiger partial charge in [-0.05, 0) is 55.4 Å². The number of likely N-dealkylation sites (tertiary alicyclic amines) is 1. The van der Waals surface area contributed by atoms with Gasteiger partial charge in [0.15, 0.2) is 0 Å². The molecule has 1 aromatic carbocycles. The third kappa shape index (κ3) is 8.53. The minimum Gasteiger partial charge on any atom is -0.343 e. The van der Waals surface area contributed by atoms with Crippen molar-refractivity contribution in [3.63, 3.8) is 0 Å². The molecule has 10 nitrogen and oxygen atoms in total. The number of nitrogens with one attached hydrogen (secondary N) is 3. The summed E-state index contributed by atoms with van der Waals surface area (Å²) in [5.74, 6) is -5.16. The first-order valence-corrected chi connectivity index (χ1v) is 16.6. The molecule has 1 aromatic heterocycles. The van der Waals surface area contributed by atoms with E-state index in [1.54, 1.807) is 32.9 Å². The Bertz CT molecular complexity index is 1440. The number of carbonyl (C=O) groups excluding carboxylic acids is 4. The predicted molar refractivity (Wildman–Crippen MR) is 171 cm³/mol. The molecule has 3 N–H and O–H groups in total. The molecule has 13 heteroatoms. The van der Waals surface area contributed by atoms with Gasteiger partial charge in [-0.2, -0.15) is 5.10 Å². The van der Waals surface area contributed by atoms with Crippen LogP contribution in [-0.2, 0) is 26.3 Å². The second-order valence-corrected chi connectivity index (χ2v) is 13.4. The number of amides is 4. The summed E-state index contributed by atoms with van der Waals surface area (Å²) in [4.78, 5) is 54.3. The second kappa shape index (κ2) is 14.9. The van der Waals surface area contributed by atoms with Crippen LogP contribution in [0.5, 0.6) is 0 Å². The maximum Gasteiger partial charge on any atom is 0.270 e. The van der Waals surface area contributed by atoms with Crippen molar-refractivity contribution in [1.29, 1.82) is 0 Å². The minimum absolute atomic E-state index is 0.0929. The summed E-state index contributed by atoms with van der Waals surface area (Å²) in [6, 6.07) is 3.69. The Morgan fingerprint density at radius 2 is 1.68 bits per heavy atom. The van der Waals surface area contributed by atoms with E-state index in [0.29, 0.717) is 23.7 Å². The van der Waals surface area contributed by atoms with Gasteiger partial charge in [-0.15, -0.1) is 0 Å². The number of aromatic nitrogens is 2. The van der Waals surface area contributed by atoms with Gasteiger partial charge in [-0.3, -0.25) is 23.9 Å². The number of halogens is 3. The molecule has 2 heterocycles. The zero-order valence-corrected chi connectivity index (χ0v) is 27.9. The highest BCUT2D eigenvalue weighted by Gasteiger charge is 2.43. The van der Waals surface area contributed by atoms with Crippen LogP contribution in [0.4, 0.5) is 18.9 Å². The molecule has 0 radical (unpaired) electrons. The number of piperidine rings is 1. The molecule has 2 atom stereocenters. The highest BCUT2D eigenvalue weighted by molar-refractivity contribution is 6.00. The van der Waals surface area contributed by atoms with Crippen LogP contribution in [0.2, 0.25) is 0 Å². The van der Waals surface area contributed by atoms with E-state index in [-0.39, 0.29) is 31.1 Å². The molecule has 47 heavy (non-hydrogen) atoms. The standard InChI is InChI=1S/C34H47F3N6O4/c1-6-27(44)40-29(32(47)42-18-15-34(36,37)16-19-42)33(4,5)23-12-13-25(24(35)20-23)39-31(46)28(22-10-8-21(3)9-11-22)41-30(45)26-14-17-38-43(26)7-2/h12-14,17,20-22,28-29H,6-11,15-16,18-19H2,1-5H3,(H,39,46)(H,40,44)(H,41,45)/t21-,22-,28-,29-/m0/s1. The summed E-state index contributed by atoms with van der Waals surface area (Å²) in [7, 11) is 0. The molecule has 2 aromatic rings. The Labute approximate surface area is 274 Å². The number of hydrogen-bond donors (Lipinski definition) is 3. The van der Waals surface area contributed by atoms with Crippen molar-refractivity contribution >= 4 is 29.3 Å². The monoisotopic (exact) mass is 660 g/mol. The number of carbonyl (C=O) groups is 4. The molecule has 1 saturated carbocycles. The fourth-order valence-electron chi connectivity index (χ4n) is 6.45. The Morgan fingerprint density at radius 3 is 2.28 bits per heavy atom. The van der Waals surface area contributed by atoms with Crippen LogP contribution < -0.4 is 16.0 Å². The van der Waals surface area contributed by atoms with Crippen molar-refractivity contribution < 1.29 is 32.3 Å². The van der Waals surface area contributed by atoms with Crippen molar-refractivity contribution in [3.05, 3.63) is 47.5 Å². The van der Waals surface area contributed by atoms with E-state index < -0.39 is 65.7 Å². The van der Waals surface area contributed by atoms with Crippen LogP contribution >= 0.6 is 0 Å². The van der Waals surface area contributed by atoms with E-state index in [4.69, 9.17) is 0 Å². The van der Waals surface area contributed by atoms with Crippen LogP contribution in [0.3, 0.4) is 0 Å². The number of hydrogen-bond acceptors (Lipinski definition) is 5. The fraction of sp³-hybridized carbons (Fsp3) is 0.618. The van der Waals surface area contributed by atoms with Gasteiger partial charge in [0.1, 0.15) is 23.6 Å². The molecule has 0 bridgehead atoms. The number of rotatable bonds is 11. The number of aryl methyl sites for hydroxylation is 1. The fourth-order valence-corrected chi connectivity index (χ4v) is 6.45. The summed E-state index contributed by atoms with van der Waals surface area (Å²) in [6.07, 6.45) is 3.94. The van der Waals surface area contributed by atoms with Gasteiger partial charge in [0, 0.05) is 50.5 Å². The number of nitrogens with zero attached hydrogens (tertiary/aromatic N) is 3. The molecule has 258 valence electrons. The first-order chi connectivity index (χ1) is 22.2.